The number of hydrogen-bond acceptors (Lipinski definition) is 6. The van der Waals surface area contributed by atoms with Crippen LogP contribution in [0.4, 0.5) is 0 Å². The van der Waals surface area contributed by atoms with Gasteiger partial charge in [0.1, 0.15) is 6.04 Å². The number of carbonyl (C=O) groups is 2. The van der Waals surface area contributed by atoms with Gasteiger partial charge in [-0.05, 0) is 30.2 Å². The fourth-order valence-corrected chi connectivity index (χ4v) is 3.94. The molecule has 0 saturated carbocycles. The van der Waals surface area contributed by atoms with E-state index >= 15 is 0 Å². The van der Waals surface area contributed by atoms with Crippen LogP contribution < -0.4 is 14.8 Å². The Morgan fingerprint density at radius 1 is 1.03 bits per heavy atom. The number of morpholine rings is 1. The molecule has 1 N–H and O–H groups in total. The highest BCUT2D eigenvalue weighted by Crippen LogP contribution is 2.28. The summed E-state index contributed by atoms with van der Waals surface area (Å²) in [7, 11) is 3.14. The van der Waals surface area contributed by atoms with Crippen LogP contribution in [0, 0.1) is 0 Å². The zero-order valence-electron chi connectivity index (χ0n) is 20.3. The van der Waals surface area contributed by atoms with Gasteiger partial charge in [0, 0.05) is 32.7 Å². The molecule has 184 valence electrons. The van der Waals surface area contributed by atoms with Gasteiger partial charge in [0.2, 0.25) is 11.8 Å². The molecule has 0 bridgehead atoms. The lowest BCUT2D eigenvalue weighted by molar-refractivity contribution is -0.140. The highest BCUT2D eigenvalue weighted by atomic mass is 16.5. The van der Waals surface area contributed by atoms with Gasteiger partial charge in [-0.3, -0.25) is 14.5 Å². The van der Waals surface area contributed by atoms with Crippen LogP contribution in [0.2, 0.25) is 0 Å². The molecule has 0 aromatic heterocycles. The van der Waals surface area contributed by atoms with Crippen LogP contribution in [0.3, 0.4) is 0 Å². The van der Waals surface area contributed by atoms with E-state index < -0.39 is 6.04 Å². The van der Waals surface area contributed by atoms with Gasteiger partial charge in [-0.2, -0.15) is 0 Å². The molecule has 1 aliphatic heterocycles. The van der Waals surface area contributed by atoms with Crippen molar-refractivity contribution in [2.75, 3.05) is 53.6 Å². The molecule has 1 fully saturated rings. The van der Waals surface area contributed by atoms with Crippen molar-refractivity contribution in [1.82, 2.24) is 15.1 Å². The van der Waals surface area contributed by atoms with Gasteiger partial charge in [-0.25, -0.2) is 0 Å². The molecule has 0 aliphatic carbocycles. The molecule has 0 radical (unpaired) electrons. The summed E-state index contributed by atoms with van der Waals surface area (Å²) in [5.41, 5.74) is 1.76. The second-order valence-electron chi connectivity index (χ2n) is 8.29. The van der Waals surface area contributed by atoms with Crippen molar-refractivity contribution in [1.29, 1.82) is 0 Å². The van der Waals surface area contributed by atoms with Crippen LogP contribution in [0.5, 0.6) is 11.5 Å². The largest absolute Gasteiger partial charge is 0.493 e. The number of nitrogens with zero attached hydrogens (tertiary/aromatic N) is 2. The lowest BCUT2D eigenvalue weighted by Crippen LogP contribution is -2.49. The van der Waals surface area contributed by atoms with E-state index in [1.807, 2.05) is 36.4 Å². The molecule has 1 saturated heterocycles. The highest BCUT2D eigenvalue weighted by molar-refractivity contribution is 5.88. The number of benzene rings is 2. The molecule has 1 aliphatic rings. The van der Waals surface area contributed by atoms with E-state index in [1.54, 1.807) is 38.2 Å². The summed E-state index contributed by atoms with van der Waals surface area (Å²) < 4.78 is 16.0. The van der Waals surface area contributed by atoms with Crippen molar-refractivity contribution >= 4 is 11.8 Å². The van der Waals surface area contributed by atoms with E-state index in [9.17, 15) is 9.59 Å². The van der Waals surface area contributed by atoms with E-state index in [0.29, 0.717) is 24.6 Å². The summed E-state index contributed by atoms with van der Waals surface area (Å²) >= 11 is 0. The molecule has 2 amide bonds. The first-order valence-corrected chi connectivity index (χ1v) is 11.6. The second-order valence-corrected chi connectivity index (χ2v) is 8.29. The molecule has 34 heavy (non-hydrogen) atoms. The Bertz CT molecular complexity index is 931. The van der Waals surface area contributed by atoms with Gasteiger partial charge in [0.05, 0.1) is 33.9 Å². The van der Waals surface area contributed by atoms with E-state index in [4.69, 9.17) is 14.2 Å². The van der Waals surface area contributed by atoms with Gasteiger partial charge in [0.15, 0.2) is 11.5 Å². The van der Waals surface area contributed by atoms with E-state index in [1.165, 1.54) is 0 Å². The second kappa shape index (κ2) is 13.0. The predicted octanol–water partition coefficient (Wildman–Crippen LogP) is 2.11. The van der Waals surface area contributed by atoms with Gasteiger partial charge in [-0.1, -0.05) is 36.4 Å². The first kappa shape index (κ1) is 25.5. The Balaban J connectivity index is 1.68. The Kier molecular flexibility index (Phi) is 9.73. The highest BCUT2D eigenvalue weighted by Gasteiger charge is 2.26. The fourth-order valence-electron chi connectivity index (χ4n) is 3.94. The molecule has 8 heteroatoms. The Morgan fingerprint density at radius 2 is 1.74 bits per heavy atom. The van der Waals surface area contributed by atoms with Crippen molar-refractivity contribution in [3.05, 3.63) is 59.7 Å². The SMILES string of the molecule is COc1ccc(CC(=O)N(Cc2ccccc2)[C@H](C)C(=O)NCCN2CCOCC2)cc1OC. The average Bonchev–Trinajstić information content (AvgIpc) is 2.87. The van der Waals surface area contributed by atoms with Crippen molar-refractivity contribution in [2.24, 2.45) is 0 Å². The lowest BCUT2D eigenvalue weighted by atomic mass is 10.1. The van der Waals surface area contributed by atoms with E-state index in [0.717, 1.165) is 44.0 Å². The summed E-state index contributed by atoms with van der Waals surface area (Å²) in [6.45, 7) is 6.61. The quantitative estimate of drug-likeness (QED) is 0.543. The predicted molar refractivity (Wildman–Crippen MR) is 130 cm³/mol. The van der Waals surface area contributed by atoms with Gasteiger partial charge in [0.25, 0.3) is 0 Å². The molecule has 0 spiro atoms. The Labute approximate surface area is 201 Å². The third-order valence-corrected chi connectivity index (χ3v) is 6.00. The lowest BCUT2D eigenvalue weighted by Gasteiger charge is -2.30. The number of hydrogen-bond donors (Lipinski definition) is 1. The number of rotatable bonds is 11. The van der Waals surface area contributed by atoms with Crippen molar-refractivity contribution in [3.8, 4) is 11.5 Å². The van der Waals surface area contributed by atoms with Gasteiger partial charge in [-0.15, -0.1) is 0 Å². The smallest absolute Gasteiger partial charge is 0.242 e. The maximum Gasteiger partial charge on any atom is 0.242 e. The van der Waals surface area contributed by atoms with E-state index in [2.05, 4.69) is 10.2 Å². The summed E-state index contributed by atoms with van der Waals surface area (Å²) in [4.78, 5) is 30.3. The number of methoxy groups -OCH3 is 2. The molecule has 2 aromatic carbocycles. The summed E-state index contributed by atoms with van der Waals surface area (Å²) in [5, 5.41) is 3.00. The zero-order chi connectivity index (χ0) is 24.3. The maximum atomic E-state index is 13.4. The van der Waals surface area contributed by atoms with Crippen LogP contribution in [-0.2, 0) is 27.3 Å². The normalized spacial score (nSPS) is 14.8. The molecule has 8 nitrogen and oxygen atoms in total. The van der Waals surface area contributed by atoms with Crippen molar-refractivity contribution in [3.63, 3.8) is 0 Å². The fraction of sp³-hybridized carbons (Fsp3) is 0.462. The monoisotopic (exact) mass is 469 g/mol. The molecule has 1 atom stereocenters. The van der Waals surface area contributed by atoms with E-state index in [-0.39, 0.29) is 18.2 Å². The summed E-state index contributed by atoms with van der Waals surface area (Å²) in [5.74, 6) is 0.876. The third-order valence-electron chi connectivity index (χ3n) is 6.00. The number of amides is 2. The summed E-state index contributed by atoms with van der Waals surface area (Å²) in [6.07, 6.45) is 0.151. The zero-order valence-corrected chi connectivity index (χ0v) is 20.3. The Morgan fingerprint density at radius 3 is 2.41 bits per heavy atom. The average molecular weight is 470 g/mol. The maximum absolute atomic E-state index is 13.4. The van der Waals surface area contributed by atoms with Crippen molar-refractivity contribution in [2.45, 2.75) is 25.9 Å². The van der Waals surface area contributed by atoms with Gasteiger partial charge >= 0.3 is 0 Å². The molecule has 1 heterocycles. The van der Waals surface area contributed by atoms with Crippen LogP contribution >= 0.6 is 0 Å². The standard InChI is InChI=1S/C26H35N3O5/c1-20(26(31)27-11-12-28-13-15-34-16-14-28)29(19-21-7-5-4-6-8-21)25(30)18-22-9-10-23(32-2)24(17-22)33-3/h4-10,17,20H,11-16,18-19H2,1-3H3,(H,27,31)/t20-/m1/s1. The minimum atomic E-state index is -0.613. The number of ether oxygens (including phenoxy) is 3. The van der Waals surface area contributed by atoms with Crippen LogP contribution in [-0.4, -0.2) is 81.3 Å². The topological polar surface area (TPSA) is 80.3 Å². The Hall–Kier alpha value is -3.10. The minimum Gasteiger partial charge on any atom is -0.493 e. The first-order chi connectivity index (χ1) is 16.5. The van der Waals surface area contributed by atoms with Crippen molar-refractivity contribution < 1.29 is 23.8 Å². The minimum absolute atomic E-state index is 0.132. The first-order valence-electron chi connectivity index (χ1n) is 11.6. The number of nitrogens with one attached hydrogen (secondary N) is 1. The number of carbonyl (C=O) groups excluding carboxylic acids is 2. The molecule has 0 unspecified atom stereocenters. The van der Waals surface area contributed by atoms with Crippen LogP contribution in [0.15, 0.2) is 48.5 Å². The molecular formula is C26H35N3O5. The molecule has 3 rings (SSSR count). The molecule has 2 aromatic rings. The van der Waals surface area contributed by atoms with Crippen LogP contribution in [0.25, 0.3) is 0 Å². The molecular weight excluding hydrogens is 434 g/mol. The third kappa shape index (κ3) is 7.20. The van der Waals surface area contributed by atoms with Gasteiger partial charge < -0.3 is 24.4 Å². The summed E-state index contributed by atoms with van der Waals surface area (Å²) in [6, 6.07) is 14.5. The van der Waals surface area contributed by atoms with Crippen LogP contribution in [0.1, 0.15) is 18.1 Å².